The van der Waals surface area contributed by atoms with Crippen molar-refractivity contribution in [2.75, 3.05) is 0 Å². The van der Waals surface area contributed by atoms with Crippen LogP contribution in [0, 0.1) is 6.92 Å². The molecule has 2 nitrogen and oxygen atoms in total. The molecule has 0 saturated heterocycles. The van der Waals surface area contributed by atoms with Crippen molar-refractivity contribution in [3.8, 4) is 0 Å². The molecule has 0 unspecified atom stereocenters. The van der Waals surface area contributed by atoms with E-state index in [-0.39, 0.29) is 17.0 Å². The molecule has 0 spiro atoms. The molecule has 3 aromatic rings. The van der Waals surface area contributed by atoms with Crippen molar-refractivity contribution >= 4 is 23.2 Å². The highest BCUT2D eigenvalue weighted by atomic mass is 79.9. The third-order valence-electron chi connectivity index (χ3n) is 3.81. The summed E-state index contributed by atoms with van der Waals surface area (Å²) in [5, 5.41) is 1.37. The van der Waals surface area contributed by atoms with E-state index >= 15 is 0 Å². The van der Waals surface area contributed by atoms with Gasteiger partial charge in [-0.3, -0.25) is 0 Å². The van der Waals surface area contributed by atoms with Crippen molar-refractivity contribution in [2.45, 2.75) is 20.0 Å². The van der Waals surface area contributed by atoms with Gasteiger partial charge in [-0.25, -0.2) is 9.13 Å². The Kier molecular flexibility index (Phi) is 6.28. The van der Waals surface area contributed by atoms with E-state index < -0.39 is 0 Å². The zero-order chi connectivity index (χ0) is 15.5. The van der Waals surface area contributed by atoms with E-state index in [1.54, 1.807) is 6.07 Å². The van der Waals surface area contributed by atoms with Crippen LogP contribution in [0.15, 0.2) is 60.9 Å². The Balaban J connectivity index is 0.00000192. The second-order valence-electron chi connectivity index (χ2n) is 5.32. The monoisotopic (exact) mass is 410 g/mol. The van der Waals surface area contributed by atoms with Crippen LogP contribution in [0.25, 0.3) is 0 Å². The molecule has 5 heteroatoms. The highest BCUT2D eigenvalue weighted by Crippen LogP contribution is 2.22. The standard InChI is InChI=1S/C18H17Cl2N2.BrH/c1-14-21(12-15-5-3-2-4-6-15)9-10-22(14)13-16-7-8-17(19)11-18(16)20;/h2-11H,12-13H2,1H3;1H/q+1;/p-1. The second kappa shape index (κ2) is 8.00. The van der Waals surface area contributed by atoms with Gasteiger partial charge in [0.1, 0.15) is 25.5 Å². The minimum absolute atomic E-state index is 0. The summed E-state index contributed by atoms with van der Waals surface area (Å²) in [6.45, 7) is 3.73. The van der Waals surface area contributed by atoms with Crippen molar-refractivity contribution in [1.82, 2.24) is 4.57 Å². The van der Waals surface area contributed by atoms with Gasteiger partial charge in [0.15, 0.2) is 0 Å². The van der Waals surface area contributed by atoms with Crippen LogP contribution in [0.1, 0.15) is 17.0 Å². The molecule has 0 aliphatic rings. The number of benzene rings is 2. The average molecular weight is 412 g/mol. The lowest BCUT2D eigenvalue weighted by Gasteiger charge is -2.04. The number of aromatic nitrogens is 2. The Morgan fingerprint density at radius 1 is 1.04 bits per heavy atom. The maximum absolute atomic E-state index is 6.26. The van der Waals surface area contributed by atoms with Crippen LogP contribution in [0.4, 0.5) is 0 Å². The summed E-state index contributed by atoms with van der Waals surface area (Å²) in [5.74, 6) is 1.19. The molecule has 0 amide bonds. The first kappa shape index (κ1) is 18.1. The number of hydrogen-bond donors (Lipinski definition) is 0. The van der Waals surface area contributed by atoms with Gasteiger partial charge in [0.05, 0.1) is 0 Å². The molecule has 0 atom stereocenters. The van der Waals surface area contributed by atoms with Gasteiger partial charge in [-0.2, -0.15) is 0 Å². The summed E-state index contributed by atoms with van der Waals surface area (Å²) < 4.78 is 4.43. The van der Waals surface area contributed by atoms with Gasteiger partial charge >= 0.3 is 0 Å². The molecule has 120 valence electrons. The summed E-state index contributed by atoms with van der Waals surface area (Å²) in [6.07, 6.45) is 4.19. The minimum atomic E-state index is 0. The fourth-order valence-electron chi connectivity index (χ4n) is 2.49. The van der Waals surface area contributed by atoms with Gasteiger partial charge in [-0.1, -0.05) is 59.6 Å². The van der Waals surface area contributed by atoms with Gasteiger partial charge in [-0.15, -0.1) is 0 Å². The third kappa shape index (κ3) is 4.37. The molecule has 1 heterocycles. The van der Waals surface area contributed by atoms with E-state index in [0.29, 0.717) is 10.0 Å². The number of halogens is 3. The molecule has 0 N–H and O–H groups in total. The predicted molar refractivity (Wildman–Crippen MR) is 90.5 cm³/mol. The molecule has 1 aromatic heterocycles. The summed E-state index contributed by atoms with van der Waals surface area (Å²) in [4.78, 5) is 0. The van der Waals surface area contributed by atoms with E-state index in [4.69, 9.17) is 23.2 Å². The highest BCUT2D eigenvalue weighted by Gasteiger charge is 2.14. The van der Waals surface area contributed by atoms with E-state index in [1.165, 1.54) is 11.4 Å². The summed E-state index contributed by atoms with van der Waals surface area (Å²) in [7, 11) is 0. The summed E-state index contributed by atoms with van der Waals surface area (Å²) in [5.41, 5.74) is 2.36. The van der Waals surface area contributed by atoms with Crippen LogP contribution >= 0.6 is 23.2 Å². The summed E-state index contributed by atoms with van der Waals surface area (Å²) >= 11 is 12.2. The molecule has 0 aliphatic carbocycles. The van der Waals surface area contributed by atoms with Crippen LogP contribution in [0.5, 0.6) is 0 Å². The van der Waals surface area contributed by atoms with Crippen molar-refractivity contribution in [3.05, 3.63) is 87.9 Å². The normalized spacial score (nSPS) is 10.4. The van der Waals surface area contributed by atoms with Crippen LogP contribution in [0.2, 0.25) is 10.0 Å². The van der Waals surface area contributed by atoms with Gasteiger partial charge in [0, 0.05) is 22.5 Å². The molecule has 0 saturated carbocycles. The Morgan fingerprint density at radius 2 is 1.78 bits per heavy atom. The molecule has 23 heavy (non-hydrogen) atoms. The van der Waals surface area contributed by atoms with Crippen molar-refractivity contribution < 1.29 is 21.5 Å². The summed E-state index contributed by atoms with van der Waals surface area (Å²) in [6, 6.07) is 16.1. The first-order valence-electron chi connectivity index (χ1n) is 7.16. The van der Waals surface area contributed by atoms with Gasteiger partial charge in [0.2, 0.25) is 0 Å². The first-order valence-corrected chi connectivity index (χ1v) is 7.92. The molecular formula is C18H17BrCl2N2. The van der Waals surface area contributed by atoms with E-state index in [0.717, 1.165) is 18.7 Å². The Morgan fingerprint density at radius 3 is 2.48 bits per heavy atom. The second-order valence-corrected chi connectivity index (χ2v) is 6.17. The molecule has 0 aliphatic heterocycles. The smallest absolute Gasteiger partial charge is 0.253 e. The lowest BCUT2D eigenvalue weighted by molar-refractivity contribution is -0.693. The highest BCUT2D eigenvalue weighted by molar-refractivity contribution is 6.35. The molecular weight excluding hydrogens is 395 g/mol. The lowest BCUT2D eigenvalue weighted by atomic mass is 10.2. The van der Waals surface area contributed by atoms with Gasteiger partial charge in [-0.05, 0) is 17.7 Å². The Labute approximate surface area is 157 Å². The number of imidazole rings is 1. The first-order chi connectivity index (χ1) is 10.6. The quantitative estimate of drug-likeness (QED) is 0.575. The molecule has 0 bridgehead atoms. The van der Waals surface area contributed by atoms with Crippen LogP contribution in [-0.4, -0.2) is 4.57 Å². The minimum Gasteiger partial charge on any atom is -1.00 e. The molecule has 2 aromatic carbocycles. The molecule has 0 radical (unpaired) electrons. The van der Waals surface area contributed by atoms with Crippen LogP contribution < -0.4 is 21.5 Å². The lowest BCUT2D eigenvalue weighted by Crippen LogP contribution is -3.00. The number of hydrogen-bond acceptors (Lipinski definition) is 0. The SMILES string of the molecule is Cc1n(Cc2ccc(Cl)cc2Cl)cc[n+]1Cc1ccccc1.[Br-]. The van der Waals surface area contributed by atoms with Gasteiger partial charge < -0.3 is 17.0 Å². The number of rotatable bonds is 4. The van der Waals surface area contributed by atoms with Crippen molar-refractivity contribution in [2.24, 2.45) is 0 Å². The van der Waals surface area contributed by atoms with Gasteiger partial charge in [0.25, 0.3) is 5.82 Å². The van der Waals surface area contributed by atoms with Crippen LogP contribution in [0.3, 0.4) is 0 Å². The van der Waals surface area contributed by atoms with E-state index in [2.05, 4.69) is 52.7 Å². The third-order valence-corrected chi connectivity index (χ3v) is 4.40. The predicted octanol–water partition coefficient (Wildman–Crippen LogP) is 1.49. The average Bonchev–Trinajstić information content (AvgIpc) is 2.84. The van der Waals surface area contributed by atoms with E-state index in [9.17, 15) is 0 Å². The maximum atomic E-state index is 6.26. The van der Waals surface area contributed by atoms with Crippen molar-refractivity contribution in [1.29, 1.82) is 0 Å². The zero-order valence-corrected chi connectivity index (χ0v) is 15.8. The zero-order valence-electron chi connectivity index (χ0n) is 12.7. The fraction of sp³-hybridized carbons (Fsp3) is 0.167. The largest absolute Gasteiger partial charge is 1.00 e. The topological polar surface area (TPSA) is 8.81 Å². The maximum Gasteiger partial charge on any atom is 0.253 e. The van der Waals surface area contributed by atoms with E-state index in [1.807, 2.05) is 18.2 Å². The number of nitrogens with zero attached hydrogens (tertiary/aromatic N) is 2. The Bertz CT molecular complexity index is 785. The molecule has 0 fully saturated rings. The van der Waals surface area contributed by atoms with Crippen LogP contribution in [-0.2, 0) is 13.1 Å². The van der Waals surface area contributed by atoms with Crippen molar-refractivity contribution in [3.63, 3.8) is 0 Å². The molecule has 3 rings (SSSR count). The fourth-order valence-corrected chi connectivity index (χ4v) is 2.96. The Hall–Kier alpha value is -1.29.